The van der Waals surface area contributed by atoms with Crippen LogP contribution >= 0.6 is 11.3 Å². The fourth-order valence-electron chi connectivity index (χ4n) is 3.14. The van der Waals surface area contributed by atoms with Crippen LogP contribution in [0, 0.1) is 13.8 Å². The van der Waals surface area contributed by atoms with Crippen molar-refractivity contribution in [2.45, 2.75) is 53.5 Å². The van der Waals surface area contributed by atoms with Crippen LogP contribution in [0.4, 0.5) is 5.69 Å². The third kappa shape index (κ3) is 4.29. The molecule has 0 unspecified atom stereocenters. The van der Waals surface area contributed by atoms with Gasteiger partial charge in [0.15, 0.2) is 0 Å². The van der Waals surface area contributed by atoms with Crippen LogP contribution < -0.4 is 10.6 Å². The largest absolute Gasteiger partial charge is 0.350 e. The quantitative estimate of drug-likeness (QED) is 0.619. The molecule has 0 aliphatic carbocycles. The number of fused-ring (bicyclic) bond motifs is 1. The van der Waals surface area contributed by atoms with Gasteiger partial charge in [0.25, 0.3) is 11.8 Å². The van der Waals surface area contributed by atoms with E-state index in [4.69, 9.17) is 0 Å². The first-order chi connectivity index (χ1) is 13.8. The van der Waals surface area contributed by atoms with Crippen molar-refractivity contribution in [1.29, 1.82) is 0 Å². The summed E-state index contributed by atoms with van der Waals surface area (Å²) in [6.07, 6.45) is 1.58. The Kier molecular flexibility index (Phi) is 6.27. The van der Waals surface area contributed by atoms with Gasteiger partial charge in [-0.25, -0.2) is 9.97 Å². The minimum absolute atomic E-state index is 0.0606. The minimum atomic E-state index is -0.244. The van der Waals surface area contributed by atoms with Gasteiger partial charge in [-0.05, 0) is 44.9 Å². The van der Waals surface area contributed by atoms with Crippen LogP contribution in [0.2, 0.25) is 0 Å². The lowest BCUT2D eigenvalue weighted by atomic mass is 10.1. The number of nitrogens with one attached hydrogen (secondary N) is 2. The third-order valence-electron chi connectivity index (χ3n) is 4.95. The van der Waals surface area contributed by atoms with Gasteiger partial charge in [0.1, 0.15) is 10.7 Å². The predicted molar refractivity (Wildman–Crippen MR) is 118 cm³/mol. The highest BCUT2D eigenvalue weighted by Gasteiger charge is 2.21. The average molecular weight is 411 g/mol. The highest BCUT2D eigenvalue weighted by atomic mass is 32.1. The lowest BCUT2D eigenvalue weighted by Gasteiger charge is -2.14. The maximum Gasteiger partial charge on any atom is 0.266 e. The lowest BCUT2D eigenvalue weighted by molar-refractivity contribution is 0.0940. The number of thiophene rings is 1. The topological polar surface area (TPSA) is 84.0 Å². The first kappa shape index (κ1) is 20.9. The second kappa shape index (κ2) is 8.69. The molecule has 3 aromatic rings. The predicted octanol–water partition coefficient (Wildman–Crippen LogP) is 4.65. The van der Waals surface area contributed by atoms with Gasteiger partial charge in [0, 0.05) is 23.5 Å². The molecule has 2 amide bonds. The van der Waals surface area contributed by atoms with E-state index in [1.54, 1.807) is 24.3 Å². The van der Waals surface area contributed by atoms with Crippen LogP contribution in [0.1, 0.15) is 64.3 Å². The SMILES string of the molecule is CCc1nc(C)c2c(C)c(C(=O)Nc3ccccc3C(=O)N[C@@H](C)CC)sc2n1. The van der Waals surface area contributed by atoms with Crippen molar-refractivity contribution in [3.63, 3.8) is 0 Å². The number of carbonyl (C=O) groups excluding carboxylic acids is 2. The number of hydrogen-bond donors (Lipinski definition) is 2. The molecule has 0 spiro atoms. The molecule has 1 atom stereocenters. The van der Waals surface area contributed by atoms with Gasteiger partial charge in [-0.2, -0.15) is 0 Å². The van der Waals surface area contributed by atoms with E-state index in [9.17, 15) is 9.59 Å². The number of rotatable bonds is 6. The van der Waals surface area contributed by atoms with Crippen LogP contribution in [0.5, 0.6) is 0 Å². The van der Waals surface area contributed by atoms with Crippen molar-refractivity contribution in [2.75, 3.05) is 5.32 Å². The summed E-state index contributed by atoms with van der Waals surface area (Å²) < 4.78 is 0. The lowest BCUT2D eigenvalue weighted by Crippen LogP contribution is -2.32. The normalized spacial score (nSPS) is 12.0. The Balaban J connectivity index is 1.93. The summed E-state index contributed by atoms with van der Waals surface area (Å²) >= 11 is 1.36. The number of para-hydroxylation sites is 1. The molecule has 0 bridgehead atoms. The molecule has 29 heavy (non-hydrogen) atoms. The fourth-order valence-corrected chi connectivity index (χ4v) is 4.29. The summed E-state index contributed by atoms with van der Waals surface area (Å²) in [6, 6.07) is 7.11. The summed E-state index contributed by atoms with van der Waals surface area (Å²) in [4.78, 5) is 36.1. The van der Waals surface area contributed by atoms with E-state index in [2.05, 4.69) is 20.6 Å². The molecule has 0 saturated heterocycles. The van der Waals surface area contributed by atoms with E-state index in [-0.39, 0.29) is 17.9 Å². The summed E-state index contributed by atoms with van der Waals surface area (Å²) in [5, 5.41) is 6.79. The fraction of sp³-hybridized carbons (Fsp3) is 0.364. The van der Waals surface area contributed by atoms with Crippen LogP contribution in [-0.4, -0.2) is 27.8 Å². The average Bonchev–Trinajstić information content (AvgIpc) is 3.05. The molecule has 2 aromatic heterocycles. The molecule has 0 radical (unpaired) electrons. The molecule has 1 aromatic carbocycles. The first-order valence-corrected chi connectivity index (χ1v) is 10.6. The van der Waals surface area contributed by atoms with Crippen molar-refractivity contribution in [3.05, 3.63) is 51.8 Å². The molecule has 0 aliphatic rings. The molecule has 0 aliphatic heterocycles. The smallest absolute Gasteiger partial charge is 0.266 e. The van der Waals surface area contributed by atoms with Gasteiger partial charge < -0.3 is 10.6 Å². The van der Waals surface area contributed by atoms with E-state index in [0.29, 0.717) is 16.1 Å². The summed E-state index contributed by atoms with van der Waals surface area (Å²) in [7, 11) is 0. The Morgan fingerprint density at radius 1 is 1.10 bits per heavy atom. The first-order valence-electron chi connectivity index (χ1n) is 9.83. The molecule has 2 N–H and O–H groups in total. The van der Waals surface area contributed by atoms with Crippen LogP contribution in [-0.2, 0) is 6.42 Å². The monoisotopic (exact) mass is 410 g/mol. The number of aryl methyl sites for hydroxylation is 3. The van der Waals surface area contributed by atoms with Crippen molar-refractivity contribution in [3.8, 4) is 0 Å². The van der Waals surface area contributed by atoms with Gasteiger partial charge in [-0.1, -0.05) is 26.0 Å². The van der Waals surface area contributed by atoms with Crippen LogP contribution in [0.25, 0.3) is 10.2 Å². The van der Waals surface area contributed by atoms with E-state index < -0.39 is 0 Å². The van der Waals surface area contributed by atoms with E-state index in [1.165, 1.54) is 11.3 Å². The number of amides is 2. The van der Waals surface area contributed by atoms with Crippen LogP contribution in [0.15, 0.2) is 24.3 Å². The number of benzene rings is 1. The molecule has 152 valence electrons. The van der Waals surface area contributed by atoms with Crippen molar-refractivity contribution >= 4 is 39.1 Å². The summed E-state index contributed by atoms with van der Waals surface area (Å²) in [5.41, 5.74) is 2.69. The highest BCUT2D eigenvalue weighted by Crippen LogP contribution is 2.32. The third-order valence-corrected chi connectivity index (χ3v) is 6.13. The number of carbonyl (C=O) groups is 2. The molecule has 2 heterocycles. The highest BCUT2D eigenvalue weighted by molar-refractivity contribution is 7.20. The van der Waals surface area contributed by atoms with Gasteiger partial charge in [-0.15, -0.1) is 11.3 Å². The van der Waals surface area contributed by atoms with E-state index in [0.717, 1.165) is 40.1 Å². The van der Waals surface area contributed by atoms with E-state index in [1.807, 2.05) is 34.6 Å². The molecular weight excluding hydrogens is 384 g/mol. The molecule has 3 rings (SSSR count). The number of aromatic nitrogens is 2. The van der Waals surface area contributed by atoms with Crippen LogP contribution in [0.3, 0.4) is 0 Å². The Bertz CT molecular complexity index is 1070. The summed E-state index contributed by atoms with van der Waals surface area (Å²) in [5.74, 6) is 0.333. The van der Waals surface area contributed by atoms with E-state index >= 15 is 0 Å². The Morgan fingerprint density at radius 2 is 1.83 bits per heavy atom. The number of anilines is 1. The second-order valence-electron chi connectivity index (χ2n) is 7.10. The van der Waals surface area contributed by atoms with Gasteiger partial charge >= 0.3 is 0 Å². The number of hydrogen-bond acceptors (Lipinski definition) is 5. The zero-order chi connectivity index (χ0) is 21.1. The maximum atomic E-state index is 13.0. The zero-order valence-corrected chi connectivity index (χ0v) is 18.2. The minimum Gasteiger partial charge on any atom is -0.350 e. The van der Waals surface area contributed by atoms with Crippen molar-refractivity contribution in [2.24, 2.45) is 0 Å². The Labute approximate surface area is 174 Å². The van der Waals surface area contributed by atoms with Crippen molar-refractivity contribution < 1.29 is 9.59 Å². The standard InChI is InChI=1S/C22H26N4O2S/c1-6-12(3)23-20(27)15-10-8-9-11-16(15)25-21(28)19-13(4)18-14(5)24-17(7-2)26-22(18)29-19/h8-12H,6-7H2,1-5H3,(H,23,27)(H,25,28)/t12-/m0/s1. The van der Waals surface area contributed by atoms with Gasteiger partial charge in [0.05, 0.1) is 16.1 Å². The molecular formula is C22H26N4O2S. The zero-order valence-electron chi connectivity index (χ0n) is 17.4. The number of nitrogens with zero attached hydrogens (tertiary/aromatic N) is 2. The van der Waals surface area contributed by atoms with Gasteiger partial charge in [0.2, 0.25) is 0 Å². The molecule has 0 fully saturated rings. The van der Waals surface area contributed by atoms with Gasteiger partial charge in [-0.3, -0.25) is 9.59 Å². The Hall–Kier alpha value is -2.80. The second-order valence-corrected chi connectivity index (χ2v) is 8.10. The Morgan fingerprint density at radius 3 is 2.52 bits per heavy atom. The molecule has 0 saturated carbocycles. The van der Waals surface area contributed by atoms with Crippen molar-refractivity contribution in [1.82, 2.24) is 15.3 Å². The molecule has 7 heteroatoms. The molecule has 6 nitrogen and oxygen atoms in total. The summed E-state index contributed by atoms with van der Waals surface area (Å²) in [6.45, 7) is 9.83. The maximum absolute atomic E-state index is 13.0.